The molecule has 8 heteroatoms. The molecule has 1 aliphatic carbocycles. The Hall–Kier alpha value is -2.67. The highest BCUT2D eigenvalue weighted by Gasteiger charge is 2.29. The van der Waals surface area contributed by atoms with E-state index >= 15 is 0 Å². The maximum atomic E-state index is 12.1. The molecule has 2 heterocycles. The molecule has 0 radical (unpaired) electrons. The lowest BCUT2D eigenvalue weighted by molar-refractivity contribution is 0.411. The van der Waals surface area contributed by atoms with Gasteiger partial charge in [0.05, 0.1) is 7.11 Å². The van der Waals surface area contributed by atoms with E-state index in [0.29, 0.717) is 17.5 Å². The first-order valence-corrected chi connectivity index (χ1v) is 8.36. The summed E-state index contributed by atoms with van der Waals surface area (Å²) in [6, 6.07) is 10.4. The minimum Gasteiger partial charge on any atom is -0.494 e. The molecule has 3 aromatic rings. The SMILES string of the molecule is COc1ccccc1-n1nc(C2CC2)nc1Cn1nc(Cl)ccc1=O. The number of hydrogen-bond donors (Lipinski definition) is 0. The van der Waals surface area contributed by atoms with Crippen LogP contribution in [-0.2, 0) is 6.54 Å². The average Bonchev–Trinajstić information content (AvgIpc) is 3.39. The van der Waals surface area contributed by atoms with Crippen molar-refractivity contribution in [1.82, 2.24) is 24.5 Å². The summed E-state index contributed by atoms with van der Waals surface area (Å²) in [5.74, 6) is 2.47. The number of halogens is 1. The van der Waals surface area contributed by atoms with Gasteiger partial charge in [0, 0.05) is 12.0 Å². The summed E-state index contributed by atoms with van der Waals surface area (Å²) < 4.78 is 8.45. The third kappa shape index (κ3) is 3.15. The molecule has 25 heavy (non-hydrogen) atoms. The number of hydrogen-bond acceptors (Lipinski definition) is 5. The van der Waals surface area contributed by atoms with Crippen molar-refractivity contribution < 1.29 is 4.74 Å². The van der Waals surface area contributed by atoms with Crippen molar-refractivity contribution in [2.45, 2.75) is 25.3 Å². The van der Waals surface area contributed by atoms with Gasteiger partial charge in [0.15, 0.2) is 11.6 Å². The number of para-hydroxylation sites is 2. The highest BCUT2D eigenvalue weighted by Crippen LogP contribution is 2.38. The van der Waals surface area contributed by atoms with Gasteiger partial charge in [0.2, 0.25) is 0 Å². The van der Waals surface area contributed by atoms with Crippen LogP contribution in [0.3, 0.4) is 0 Å². The van der Waals surface area contributed by atoms with Crippen LogP contribution in [0.2, 0.25) is 5.15 Å². The second-order valence-electron chi connectivity index (χ2n) is 5.90. The smallest absolute Gasteiger partial charge is 0.267 e. The van der Waals surface area contributed by atoms with Gasteiger partial charge in [-0.15, -0.1) is 0 Å². The van der Waals surface area contributed by atoms with Crippen LogP contribution in [0.4, 0.5) is 0 Å². The van der Waals surface area contributed by atoms with E-state index < -0.39 is 0 Å². The first-order valence-electron chi connectivity index (χ1n) is 7.98. The monoisotopic (exact) mass is 357 g/mol. The predicted octanol–water partition coefficient (Wildman–Crippen LogP) is 2.41. The lowest BCUT2D eigenvalue weighted by atomic mass is 10.3. The van der Waals surface area contributed by atoms with E-state index in [0.717, 1.165) is 24.4 Å². The number of benzene rings is 1. The van der Waals surface area contributed by atoms with Gasteiger partial charge in [-0.05, 0) is 31.0 Å². The van der Waals surface area contributed by atoms with E-state index in [2.05, 4.69) is 15.2 Å². The molecule has 1 aromatic carbocycles. The highest BCUT2D eigenvalue weighted by atomic mass is 35.5. The maximum absolute atomic E-state index is 12.1. The molecule has 0 amide bonds. The molecule has 1 fully saturated rings. The summed E-state index contributed by atoms with van der Waals surface area (Å²) >= 11 is 5.92. The Kier molecular flexibility index (Phi) is 4.01. The molecule has 7 nitrogen and oxygen atoms in total. The Balaban J connectivity index is 1.81. The molecular weight excluding hydrogens is 342 g/mol. The molecule has 0 aliphatic heterocycles. The summed E-state index contributed by atoms with van der Waals surface area (Å²) in [5.41, 5.74) is 0.529. The van der Waals surface area contributed by atoms with Crippen molar-refractivity contribution in [1.29, 1.82) is 0 Å². The third-order valence-corrected chi connectivity index (χ3v) is 4.27. The first-order chi connectivity index (χ1) is 12.2. The molecule has 0 N–H and O–H groups in total. The minimum absolute atomic E-state index is 0.178. The van der Waals surface area contributed by atoms with Crippen LogP contribution in [0.15, 0.2) is 41.2 Å². The molecule has 1 saturated carbocycles. The summed E-state index contributed by atoms with van der Waals surface area (Å²) in [4.78, 5) is 16.7. The van der Waals surface area contributed by atoms with Crippen LogP contribution >= 0.6 is 11.6 Å². The molecule has 0 spiro atoms. The van der Waals surface area contributed by atoms with Gasteiger partial charge in [0.25, 0.3) is 5.56 Å². The fourth-order valence-corrected chi connectivity index (χ4v) is 2.80. The van der Waals surface area contributed by atoms with Crippen molar-refractivity contribution in [3.05, 3.63) is 63.6 Å². The second kappa shape index (κ2) is 6.33. The van der Waals surface area contributed by atoms with Gasteiger partial charge >= 0.3 is 0 Å². The summed E-state index contributed by atoms with van der Waals surface area (Å²) in [5, 5.41) is 8.98. The quantitative estimate of drug-likeness (QED) is 0.701. The Bertz CT molecular complexity index is 977. The van der Waals surface area contributed by atoms with Crippen LogP contribution in [0.25, 0.3) is 5.69 Å². The van der Waals surface area contributed by atoms with Crippen molar-refractivity contribution in [2.75, 3.05) is 7.11 Å². The van der Waals surface area contributed by atoms with Crippen molar-refractivity contribution in [2.24, 2.45) is 0 Å². The fraction of sp³-hybridized carbons (Fsp3) is 0.294. The van der Waals surface area contributed by atoms with E-state index in [4.69, 9.17) is 16.3 Å². The molecule has 1 aliphatic rings. The van der Waals surface area contributed by atoms with Gasteiger partial charge in [-0.25, -0.2) is 14.3 Å². The highest BCUT2D eigenvalue weighted by molar-refractivity contribution is 6.29. The van der Waals surface area contributed by atoms with E-state index in [9.17, 15) is 4.79 Å². The largest absolute Gasteiger partial charge is 0.494 e. The van der Waals surface area contributed by atoms with Crippen molar-refractivity contribution in [3.8, 4) is 11.4 Å². The van der Waals surface area contributed by atoms with Crippen molar-refractivity contribution in [3.63, 3.8) is 0 Å². The minimum atomic E-state index is -0.244. The van der Waals surface area contributed by atoms with Crippen LogP contribution < -0.4 is 10.3 Å². The van der Waals surface area contributed by atoms with Gasteiger partial charge in [0.1, 0.15) is 23.1 Å². The molecule has 0 saturated heterocycles. The third-order valence-electron chi connectivity index (χ3n) is 4.07. The van der Waals surface area contributed by atoms with E-state index in [1.807, 2.05) is 24.3 Å². The Morgan fingerprint density at radius 1 is 1.20 bits per heavy atom. The van der Waals surface area contributed by atoms with E-state index in [-0.39, 0.29) is 17.3 Å². The summed E-state index contributed by atoms with van der Waals surface area (Å²) in [7, 11) is 1.61. The second-order valence-corrected chi connectivity index (χ2v) is 6.28. The van der Waals surface area contributed by atoms with Crippen LogP contribution in [0, 0.1) is 0 Å². The molecular formula is C17H16ClN5O2. The number of aromatic nitrogens is 5. The number of ether oxygens (including phenoxy) is 1. The number of methoxy groups -OCH3 is 1. The van der Waals surface area contributed by atoms with Crippen LogP contribution in [0.1, 0.15) is 30.4 Å². The zero-order chi connectivity index (χ0) is 17.4. The average molecular weight is 358 g/mol. The molecule has 2 aromatic heterocycles. The van der Waals surface area contributed by atoms with Gasteiger partial charge < -0.3 is 4.74 Å². The lowest BCUT2D eigenvalue weighted by Crippen LogP contribution is -2.24. The van der Waals surface area contributed by atoms with E-state index in [1.54, 1.807) is 11.8 Å². The zero-order valence-electron chi connectivity index (χ0n) is 13.6. The Morgan fingerprint density at radius 2 is 2.00 bits per heavy atom. The van der Waals surface area contributed by atoms with Gasteiger partial charge in [-0.2, -0.15) is 10.2 Å². The van der Waals surface area contributed by atoms with Gasteiger partial charge in [-0.1, -0.05) is 23.7 Å². The van der Waals surface area contributed by atoms with Crippen LogP contribution in [0.5, 0.6) is 5.75 Å². The Morgan fingerprint density at radius 3 is 2.76 bits per heavy atom. The predicted molar refractivity (Wildman–Crippen MR) is 92.5 cm³/mol. The maximum Gasteiger partial charge on any atom is 0.267 e. The molecule has 128 valence electrons. The summed E-state index contributed by atoms with van der Waals surface area (Å²) in [6.45, 7) is 0.178. The molecule has 0 unspecified atom stereocenters. The Labute approximate surface area is 148 Å². The standard InChI is InChI=1S/C17H16ClN5O2/c1-25-13-5-3-2-4-12(13)23-15(19-17(21-23)11-6-7-11)10-22-16(24)9-8-14(18)20-22/h2-5,8-9,11H,6-7,10H2,1H3. The van der Waals surface area contributed by atoms with Crippen LogP contribution in [-0.4, -0.2) is 31.7 Å². The molecule has 0 atom stereocenters. The molecule has 4 rings (SSSR count). The zero-order valence-corrected chi connectivity index (χ0v) is 14.3. The molecule has 0 bridgehead atoms. The first kappa shape index (κ1) is 15.8. The van der Waals surface area contributed by atoms with Crippen molar-refractivity contribution >= 4 is 11.6 Å². The number of nitrogens with zero attached hydrogens (tertiary/aromatic N) is 5. The van der Waals surface area contributed by atoms with Gasteiger partial charge in [-0.3, -0.25) is 4.79 Å². The van der Waals surface area contributed by atoms with E-state index in [1.165, 1.54) is 16.8 Å². The summed E-state index contributed by atoms with van der Waals surface area (Å²) in [6.07, 6.45) is 2.18. The normalized spacial score (nSPS) is 13.8. The fourth-order valence-electron chi connectivity index (χ4n) is 2.65. The number of rotatable bonds is 5. The topological polar surface area (TPSA) is 74.8 Å². The lowest BCUT2D eigenvalue weighted by Gasteiger charge is -2.10.